The van der Waals surface area contributed by atoms with Gasteiger partial charge in [0.05, 0.1) is 0 Å². The first-order valence-electron chi connectivity index (χ1n) is 0.516. The van der Waals surface area contributed by atoms with E-state index in [0.717, 1.165) is 0 Å². The van der Waals surface area contributed by atoms with Gasteiger partial charge in [-0.05, 0) is 0 Å². The normalized spacial score (nSPS) is 0.571. The second kappa shape index (κ2) is 99.2. The summed E-state index contributed by atoms with van der Waals surface area (Å²) in [6, 6.07) is 0. The second-order valence-corrected chi connectivity index (χ2v) is 0. The molecular formula is C2H5N2Na3. The van der Waals surface area contributed by atoms with Crippen molar-refractivity contribution in [3.8, 4) is 13.1 Å². The second-order valence-electron chi connectivity index (χ2n) is 0. The Morgan fingerprint density at radius 2 is 0.571 bits per heavy atom. The molecule has 7 heavy (non-hydrogen) atoms. The van der Waals surface area contributed by atoms with Crippen LogP contribution in [0, 0.1) is 23.7 Å². The molecule has 0 aliphatic heterocycles. The van der Waals surface area contributed by atoms with Crippen LogP contribution in [-0.2, 0) is 0 Å². The average Bonchev–Trinajstić information content (AvgIpc) is 1.50. The molecule has 0 heterocycles. The molecule has 0 saturated heterocycles. The summed E-state index contributed by atoms with van der Waals surface area (Å²) in [5.74, 6) is 0. The van der Waals surface area contributed by atoms with Crippen molar-refractivity contribution in [2.75, 3.05) is 0 Å². The number of nitriles is 2. The molecule has 0 aromatic heterocycles. The van der Waals surface area contributed by atoms with Gasteiger partial charge in [-0.3, -0.25) is 0 Å². The zero-order valence-corrected chi connectivity index (χ0v) is 2.05. The van der Waals surface area contributed by atoms with Crippen LogP contribution in [0.5, 0.6) is 0 Å². The Morgan fingerprint density at radius 3 is 0.571 bits per heavy atom. The molecule has 0 aliphatic carbocycles. The summed E-state index contributed by atoms with van der Waals surface area (Å²) in [7, 11) is 0. The van der Waals surface area contributed by atoms with E-state index in [1.807, 2.05) is 0 Å². The maximum absolute atomic E-state index is 6.50. The van der Waals surface area contributed by atoms with Crippen LogP contribution in [0.15, 0.2) is 0 Å². The third kappa shape index (κ3) is 72.8. The van der Waals surface area contributed by atoms with Gasteiger partial charge in [-0.25, -0.2) is 10.5 Å². The van der Waals surface area contributed by atoms with Gasteiger partial charge in [-0.15, -0.1) is 0 Å². The van der Waals surface area contributed by atoms with Crippen molar-refractivity contribution in [1.82, 2.24) is 0 Å². The van der Waals surface area contributed by atoms with E-state index in [4.69, 9.17) is 10.5 Å². The number of rotatable bonds is 0. The molecule has 5 heteroatoms. The van der Waals surface area contributed by atoms with Crippen molar-refractivity contribution in [2.24, 2.45) is 0 Å². The number of hydrogen-bond donors (Lipinski definition) is 0. The average molecular weight is 126 g/mol. The molecule has 0 spiro atoms. The van der Waals surface area contributed by atoms with Gasteiger partial charge in [0.15, 0.2) is 0 Å². The van der Waals surface area contributed by atoms with Crippen LogP contribution in [-0.4, -0.2) is 88.7 Å². The molecular weight excluding hydrogens is 121 g/mol. The minimum absolute atomic E-state index is 0. The van der Waals surface area contributed by atoms with E-state index in [-0.39, 0.29) is 88.7 Å². The summed E-state index contributed by atoms with van der Waals surface area (Å²) < 4.78 is 0. The quantitative estimate of drug-likeness (QED) is 0.364. The van der Waals surface area contributed by atoms with Crippen LogP contribution >= 0.6 is 0 Å². The van der Waals surface area contributed by atoms with E-state index in [9.17, 15) is 0 Å². The minimum atomic E-state index is 0. The molecule has 2 nitrogen and oxygen atoms in total. The molecule has 0 atom stereocenters. The van der Waals surface area contributed by atoms with Crippen molar-refractivity contribution < 1.29 is 0 Å². The predicted molar refractivity (Wildman–Crippen MR) is 34.8 cm³/mol. The number of nitrogens with zero attached hydrogens (tertiary/aromatic N) is 2. The standard InChI is InChI=1S/2CHN.3Na.3H/c2*1-2;;;;;;/h2*1H;;;;;;. The zero-order chi connectivity index (χ0) is 4.00. The molecule has 0 amide bonds. The van der Waals surface area contributed by atoms with E-state index < -0.39 is 0 Å². The zero-order valence-electron chi connectivity index (χ0n) is 2.05. The van der Waals surface area contributed by atoms with E-state index in [1.54, 1.807) is 0 Å². The van der Waals surface area contributed by atoms with Gasteiger partial charge in [-0.1, -0.05) is 0 Å². The Bertz CT molecular complexity index is 26.4. The van der Waals surface area contributed by atoms with E-state index in [0.29, 0.717) is 0 Å². The van der Waals surface area contributed by atoms with Crippen LogP contribution in [0.2, 0.25) is 0 Å². The molecule has 0 unspecified atom stereocenters. The Hall–Kier alpha value is 1.98. The maximum atomic E-state index is 6.50. The summed E-state index contributed by atoms with van der Waals surface area (Å²) in [5.41, 5.74) is 0. The predicted octanol–water partition coefficient (Wildman–Crippen LogP) is -1.67. The number of hydrogen-bond acceptors (Lipinski definition) is 2. The third-order valence-corrected chi connectivity index (χ3v) is 0. The van der Waals surface area contributed by atoms with Crippen LogP contribution in [0.25, 0.3) is 0 Å². The van der Waals surface area contributed by atoms with Crippen LogP contribution in [0.4, 0.5) is 0 Å². The Kier molecular flexibility index (Phi) is 511. The van der Waals surface area contributed by atoms with Gasteiger partial charge < -0.3 is 0 Å². The van der Waals surface area contributed by atoms with E-state index in [2.05, 4.69) is 13.1 Å². The fourth-order valence-electron chi connectivity index (χ4n) is 0. The molecule has 0 aliphatic rings. The van der Waals surface area contributed by atoms with Gasteiger partial charge in [0.25, 0.3) is 0 Å². The van der Waals surface area contributed by atoms with Gasteiger partial charge in [-0.2, -0.15) is 0 Å². The molecule has 0 aromatic carbocycles. The molecule has 0 saturated carbocycles. The SMILES string of the molecule is C#N.C#N.[NaH].[NaH].[NaH]. The summed E-state index contributed by atoms with van der Waals surface area (Å²) in [4.78, 5) is 0. The molecule has 0 bridgehead atoms. The summed E-state index contributed by atoms with van der Waals surface area (Å²) in [6.45, 7) is 7.00. The molecule has 0 N–H and O–H groups in total. The fourth-order valence-corrected chi connectivity index (χ4v) is 0. The van der Waals surface area contributed by atoms with E-state index >= 15 is 0 Å². The molecule has 26 valence electrons. The van der Waals surface area contributed by atoms with Crippen molar-refractivity contribution in [3.63, 3.8) is 0 Å². The van der Waals surface area contributed by atoms with Crippen LogP contribution in [0.3, 0.4) is 0 Å². The Morgan fingerprint density at radius 1 is 0.571 bits per heavy atom. The first-order chi connectivity index (χ1) is 2.00. The third-order valence-electron chi connectivity index (χ3n) is 0. The van der Waals surface area contributed by atoms with E-state index in [1.165, 1.54) is 0 Å². The molecule has 0 rings (SSSR count). The molecule has 0 aromatic rings. The van der Waals surface area contributed by atoms with Crippen molar-refractivity contribution in [2.45, 2.75) is 0 Å². The first kappa shape index (κ1) is 36.1. The van der Waals surface area contributed by atoms with Crippen molar-refractivity contribution >= 4 is 88.7 Å². The monoisotopic (exact) mass is 126 g/mol. The van der Waals surface area contributed by atoms with Crippen LogP contribution < -0.4 is 0 Å². The molecule has 0 radical (unpaired) electrons. The van der Waals surface area contributed by atoms with Crippen LogP contribution in [0.1, 0.15) is 0 Å². The van der Waals surface area contributed by atoms with Gasteiger partial charge in [0.1, 0.15) is 0 Å². The van der Waals surface area contributed by atoms with Crippen molar-refractivity contribution in [1.29, 1.82) is 10.5 Å². The summed E-state index contributed by atoms with van der Waals surface area (Å²) in [5, 5.41) is 13.0. The van der Waals surface area contributed by atoms with Gasteiger partial charge in [0, 0.05) is 13.1 Å². The first-order valence-corrected chi connectivity index (χ1v) is 0.516. The fraction of sp³-hybridized carbons (Fsp3) is 0. The van der Waals surface area contributed by atoms with Gasteiger partial charge in [0.2, 0.25) is 0 Å². The molecule has 0 fully saturated rings. The van der Waals surface area contributed by atoms with Gasteiger partial charge >= 0.3 is 88.7 Å². The Balaban J connectivity index is -0.00000000267. The summed E-state index contributed by atoms with van der Waals surface area (Å²) in [6.07, 6.45) is 0. The topological polar surface area (TPSA) is 47.6 Å². The van der Waals surface area contributed by atoms with Crippen molar-refractivity contribution in [3.05, 3.63) is 0 Å². The Labute approximate surface area is 110 Å². The summed E-state index contributed by atoms with van der Waals surface area (Å²) >= 11 is 0.